The molecule has 0 aromatic heterocycles. The lowest BCUT2D eigenvalue weighted by molar-refractivity contribution is -0.122. The minimum absolute atomic E-state index is 0.177. The molecule has 1 aliphatic carbocycles. The summed E-state index contributed by atoms with van der Waals surface area (Å²) in [4.78, 5) is 11.7. The van der Waals surface area contributed by atoms with Crippen molar-refractivity contribution in [2.75, 3.05) is 12.3 Å². The Labute approximate surface area is 109 Å². The summed E-state index contributed by atoms with van der Waals surface area (Å²) in [5, 5.41) is 2.74. The topological polar surface area (TPSA) is 75.3 Å². The zero-order valence-corrected chi connectivity index (χ0v) is 11.5. The molecule has 18 heavy (non-hydrogen) atoms. The van der Waals surface area contributed by atoms with E-state index in [1.807, 2.05) is 0 Å². The second-order valence-electron chi connectivity index (χ2n) is 5.39. The van der Waals surface area contributed by atoms with Crippen LogP contribution < -0.4 is 10.0 Å². The van der Waals surface area contributed by atoms with E-state index in [4.69, 9.17) is 0 Å². The van der Waals surface area contributed by atoms with Crippen LogP contribution in [0.15, 0.2) is 0 Å². The van der Waals surface area contributed by atoms with Crippen molar-refractivity contribution in [2.24, 2.45) is 5.92 Å². The first kappa shape index (κ1) is 13.8. The average Bonchev–Trinajstić information content (AvgIpc) is 2.70. The molecule has 1 unspecified atom stereocenters. The summed E-state index contributed by atoms with van der Waals surface area (Å²) < 4.78 is 26.6. The summed E-state index contributed by atoms with van der Waals surface area (Å²) in [6, 6.07) is -0.570. The van der Waals surface area contributed by atoms with Gasteiger partial charge in [0.1, 0.15) is 6.04 Å². The van der Waals surface area contributed by atoms with E-state index < -0.39 is 16.1 Å². The van der Waals surface area contributed by atoms with Crippen LogP contribution >= 0.6 is 0 Å². The van der Waals surface area contributed by atoms with Crippen LogP contribution in [-0.2, 0) is 14.8 Å². The molecule has 5 nitrogen and oxygen atoms in total. The quantitative estimate of drug-likeness (QED) is 0.795. The van der Waals surface area contributed by atoms with Gasteiger partial charge in [0.15, 0.2) is 0 Å². The Morgan fingerprint density at radius 3 is 2.50 bits per heavy atom. The van der Waals surface area contributed by atoms with Gasteiger partial charge in [-0.15, -0.1) is 0 Å². The number of carbonyl (C=O) groups is 1. The zero-order chi connectivity index (χ0) is 13.0. The minimum Gasteiger partial charge on any atom is -0.355 e. The van der Waals surface area contributed by atoms with Gasteiger partial charge >= 0.3 is 0 Å². The number of sulfonamides is 1. The third kappa shape index (κ3) is 3.95. The Balaban J connectivity index is 1.91. The summed E-state index contributed by atoms with van der Waals surface area (Å²) in [5.74, 6) is 0.274. The number of hydrogen-bond donors (Lipinski definition) is 2. The van der Waals surface area contributed by atoms with Crippen molar-refractivity contribution in [3.8, 4) is 0 Å². The zero-order valence-electron chi connectivity index (χ0n) is 10.7. The monoisotopic (exact) mass is 274 g/mol. The second-order valence-corrected chi connectivity index (χ2v) is 7.19. The van der Waals surface area contributed by atoms with Crippen LogP contribution in [0.3, 0.4) is 0 Å². The lowest BCUT2D eigenvalue weighted by atomic mass is 10.1. The van der Waals surface area contributed by atoms with Crippen molar-refractivity contribution in [3.63, 3.8) is 0 Å². The van der Waals surface area contributed by atoms with E-state index in [0.717, 1.165) is 38.5 Å². The summed E-state index contributed by atoms with van der Waals surface area (Å²) >= 11 is 0. The third-order valence-electron chi connectivity index (χ3n) is 3.79. The maximum atomic E-state index is 12.0. The highest BCUT2D eigenvalue weighted by Gasteiger charge is 2.28. The van der Waals surface area contributed by atoms with Crippen molar-refractivity contribution < 1.29 is 13.2 Å². The van der Waals surface area contributed by atoms with Crippen molar-refractivity contribution in [3.05, 3.63) is 0 Å². The molecule has 0 aromatic rings. The van der Waals surface area contributed by atoms with Gasteiger partial charge in [0.25, 0.3) is 0 Å². The van der Waals surface area contributed by atoms with E-state index in [-0.39, 0.29) is 17.6 Å². The van der Waals surface area contributed by atoms with Gasteiger partial charge in [0.2, 0.25) is 15.9 Å². The van der Waals surface area contributed by atoms with E-state index in [1.165, 1.54) is 0 Å². The maximum Gasteiger partial charge on any atom is 0.238 e. The molecule has 1 heterocycles. The lowest BCUT2D eigenvalue weighted by Gasteiger charge is -2.17. The summed E-state index contributed by atoms with van der Waals surface area (Å²) in [6.45, 7) is 0.652. The van der Waals surface area contributed by atoms with Crippen LogP contribution in [0.25, 0.3) is 0 Å². The van der Waals surface area contributed by atoms with Crippen LogP contribution in [0.1, 0.15) is 44.9 Å². The summed E-state index contributed by atoms with van der Waals surface area (Å²) in [7, 11) is -3.32. The second kappa shape index (κ2) is 6.02. The summed E-state index contributed by atoms with van der Waals surface area (Å²) in [6.07, 6.45) is 6.67. The van der Waals surface area contributed by atoms with Crippen molar-refractivity contribution >= 4 is 15.9 Å². The molecular weight excluding hydrogens is 252 g/mol. The Kier molecular flexibility index (Phi) is 4.61. The highest BCUT2D eigenvalue weighted by atomic mass is 32.2. The highest BCUT2D eigenvalue weighted by Crippen LogP contribution is 2.25. The molecule has 1 aliphatic heterocycles. The Morgan fingerprint density at radius 1 is 1.11 bits per heavy atom. The highest BCUT2D eigenvalue weighted by molar-refractivity contribution is 7.89. The molecule has 2 N–H and O–H groups in total. The van der Waals surface area contributed by atoms with Gasteiger partial charge in [-0.2, -0.15) is 0 Å². The van der Waals surface area contributed by atoms with Crippen molar-refractivity contribution in [1.29, 1.82) is 0 Å². The van der Waals surface area contributed by atoms with Gasteiger partial charge in [-0.3, -0.25) is 4.79 Å². The van der Waals surface area contributed by atoms with E-state index in [9.17, 15) is 13.2 Å². The summed E-state index contributed by atoms with van der Waals surface area (Å²) in [5.41, 5.74) is 0. The van der Waals surface area contributed by atoms with Crippen LogP contribution in [-0.4, -0.2) is 32.7 Å². The van der Waals surface area contributed by atoms with Crippen LogP contribution in [0.5, 0.6) is 0 Å². The van der Waals surface area contributed by atoms with Gasteiger partial charge in [-0.1, -0.05) is 12.8 Å². The molecule has 104 valence electrons. The molecule has 0 radical (unpaired) electrons. The average molecular weight is 274 g/mol. The first-order valence-electron chi connectivity index (χ1n) is 6.84. The number of carbonyl (C=O) groups excluding carboxylic acids is 1. The van der Waals surface area contributed by atoms with Crippen LogP contribution in [0.2, 0.25) is 0 Å². The molecule has 2 aliphatic rings. The number of amides is 1. The largest absolute Gasteiger partial charge is 0.355 e. The lowest BCUT2D eigenvalue weighted by Crippen LogP contribution is -2.46. The fourth-order valence-corrected chi connectivity index (χ4v) is 4.51. The fourth-order valence-electron chi connectivity index (χ4n) is 2.80. The van der Waals surface area contributed by atoms with E-state index in [2.05, 4.69) is 10.0 Å². The third-order valence-corrected chi connectivity index (χ3v) is 5.34. The first-order valence-corrected chi connectivity index (χ1v) is 8.50. The Bertz CT molecular complexity index is 388. The number of nitrogens with one attached hydrogen (secondary N) is 2. The van der Waals surface area contributed by atoms with Gasteiger partial charge < -0.3 is 5.32 Å². The molecule has 2 rings (SSSR count). The molecule has 6 heteroatoms. The molecule has 1 saturated carbocycles. The van der Waals surface area contributed by atoms with Crippen LogP contribution in [0, 0.1) is 5.92 Å². The molecule has 0 aromatic carbocycles. The Morgan fingerprint density at radius 2 is 1.78 bits per heavy atom. The minimum atomic E-state index is -3.32. The molecule has 1 saturated heterocycles. The molecule has 1 amide bonds. The van der Waals surface area contributed by atoms with Gasteiger partial charge in [0, 0.05) is 6.54 Å². The van der Waals surface area contributed by atoms with Gasteiger partial charge in [-0.05, 0) is 38.0 Å². The van der Waals surface area contributed by atoms with Crippen molar-refractivity contribution in [2.45, 2.75) is 51.0 Å². The van der Waals surface area contributed by atoms with E-state index in [1.54, 1.807) is 0 Å². The fraction of sp³-hybridized carbons (Fsp3) is 0.917. The van der Waals surface area contributed by atoms with E-state index >= 15 is 0 Å². The number of hydrogen-bond acceptors (Lipinski definition) is 3. The van der Waals surface area contributed by atoms with E-state index in [0.29, 0.717) is 13.0 Å². The van der Waals surface area contributed by atoms with Crippen molar-refractivity contribution in [1.82, 2.24) is 10.0 Å². The SMILES string of the molecule is O=C1NCCCCC1NS(=O)(=O)CC1CCCC1. The van der Waals surface area contributed by atoms with Crippen LogP contribution in [0.4, 0.5) is 0 Å². The molecule has 0 spiro atoms. The smallest absolute Gasteiger partial charge is 0.238 e. The number of rotatable bonds is 4. The normalized spacial score (nSPS) is 26.9. The predicted octanol–water partition coefficient (Wildman–Crippen LogP) is 0.765. The maximum absolute atomic E-state index is 12.0. The van der Waals surface area contributed by atoms with Gasteiger partial charge in [0.05, 0.1) is 5.75 Å². The molecule has 1 atom stereocenters. The Hall–Kier alpha value is -0.620. The molecule has 0 bridgehead atoms. The molecular formula is C12H22N2O3S. The predicted molar refractivity (Wildman–Crippen MR) is 69.5 cm³/mol. The first-order chi connectivity index (χ1) is 8.57. The van der Waals surface area contributed by atoms with Gasteiger partial charge in [-0.25, -0.2) is 13.1 Å². The standard InChI is InChI=1S/C12H22N2O3S/c15-12-11(7-3-4-8-13-12)14-18(16,17)9-10-5-1-2-6-10/h10-11,14H,1-9H2,(H,13,15). The molecule has 2 fully saturated rings.